The normalized spacial score (nSPS) is 29.5. The molecule has 0 bridgehead atoms. The fraction of sp³-hybridized carbons (Fsp3) is 0.583. The van der Waals surface area contributed by atoms with Gasteiger partial charge in [-0.25, -0.2) is 32.3 Å². The molecule has 0 spiro atoms. The van der Waals surface area contributed by atoms with Gasteiger partial charge in [0.15, 0.2) is 6.23 Å². The Labute approximate surface area is 187 Å². The van der Waals surface area contributed by atoms with Gasteiger partial charge in [0.2, 0.25) is 11.6 Å². The minimum absolute atomic E-state index is 0.393. The Kier molecular flexibility index (Phi) is 8.54. The number of aliphatic hydroxyl groups is 1. The number of halogens is 2. The SMILES string of the molecule is C[C@H](OP(=O)(O)OP(=O)(O)OP(=O)(O)O)[C@H]1OC(n2cnc(N)nc2=O)C(F)(C#CCF)C1O. The first-order chi connectivity index (χ1) is 15.4. The monoisotopic (exact) mass is 556 g/mol. The van der Waals surface area contributed by atoms with Gasteiger partial charge < -0.3 is 35.2 Å². The number of alkyl halides is 2. The highest BCUT2D eigenvalue weighted by molar-refractivity contribution is 7.66. The van der Waals surface area contributed by atoms with Crippen molar-refractivity contribution in [1.82, 2.24) is 14.5 Å². The average Bonchev–Trinajstić information content (AvgIpc) is 2.88. The number of phosphoric ester groups is 1. The Morgan fingerprint density at radius 2 is 1.91 bits per heavy atom. The van der Waals surface area contributed by atoms with E-state index in [0.29, 0.717) is 10.9 Å². The van der Waals surface area contributed by atoms with E-state index in [0.717, 1.165) is 6.92 Å². The molecule has 7 N–H and O–H groups in total. The molecule has 0 radical (unpaired) electrons. The second kappa shape index (κ2) is 10.2. The third-order valence-electron chi connectivity index (χ3n) is 3.91. The highest BCUT2D eigenvalue weighted by atomic mass is 31.3. The molecule has 17 nitrogen and oxygen atoms in total. The van der Waals surface area contributed by atoms with Crippen molar-refractivity contribution in [2.24, 2.45) is 0 Å². The maximum atomic E-state index is 15.7. The summed E-state index contributed by atoms with van der Waals surface area (Å²) in [6, 6.07) is 0. The minimum atomic E-state index is -5.87. The first-order valence-corrected chi connectivity index (χ1v) is 13.0. The van der Waals surface area contributed by atoms with E-state index in [9.17, 15) is 37.8 Å². The van der Waals surface area contributed by atoms with Crippen molar-refractivity contribution in [1.29, 1.82) is 0 Å². The third-order valence-corrected chi connectivity index (χ3v) is 7.84. The highest BCUT2D eigenvalue weighted by Gasteiger charge is 2.60. The van der Waals surface area contributed by atoms with Gasteiger partial charge in [-0.15, -0.1) is 0 Å². The molecule has 1 aliphatic heterocycles. The zero-order valence-electron chi connectivity index (χ0n) is 16.6. The average molecular weight is 556 g/mol. The van der Waals surface area contributed by atoms with E-state index in [1.807, 2.05) is 0 Å². The van der Waals surface area contributed by atoms with Crippen molar-refractivity contribution in [2.45, 2.75) is 37.1 Å². The number of rotatable bonds is 8. The largest absolute Gasteiger partial charge is 0.490 e. The van der Waals surface area contributed by atoms with Gasteiger partial charge in [-0.3, -0.25) is 9.09 Å². The highest BCUT2D eigenvalue weighted by Crippen LogP contribution is 2.66. The molecule has 5 unspecified atom stereocenters. The fourth-order valence-corrected chi connectivity index (χ4v) is 5.93. The lowest BCUT2D eigenvalue weighted by Crippen LogP contribution is -2.46. The van der Waals surface area contributed by atoms with Gasteiger partial charge in [-0.05, 0) is 6.92 Å². The van der Waals surface area contributed by atoms with Gasteiger partial charge in [0.05, 0.1) is 6.10 Å². The van der Waals surface area contributed by atoms with Crippen LogP contribution in [0.3, 0.4) is 0 Å². The maximum absolute atomic E-state index is 15.7. The van der Waals surface area contributed by atoms with Gasteiger partial charge in [0, 0.05) is 0 Å². The van der Waals surface area contributed by atoms with Crippen molar-refractivity contribution in [3.05, 3.63) is 16.8 Å². The Morgan fingerprint density at radius 3 is 2.44 bits per heavy atom. The van der Waals surface area contributed by atoms with E-state index >= 15 is 4.39 Å². The van der Waals surface area contributed by atoms with Crippen molar-refractivity contribution < 1.29 is 65.0 Å². The zero-order valence-corrected chi connectivity index (χ0v) is 19.3. The smallest absolute Gasteiger partial charge is 0.386 e. The molecule has 1 aromatic heterocycles. The van der Waals surface area contributed by atoms with Crippen LogP contribution in [0.4, 0.5) is 14.7 Å². The van der Waals surface area contributed by atoms with E-state index in [4.69, 9.17) is 20.3 Å². The van der Waals surface area contributed by atoms with Crippen LogP contribution < -0.4 is 11.4 Å². The Balaban J connectivity index is 2.34. The summed E-state index contributed by atoms with van der Waals surface area (Å²) in [6.45, 7) is -0.500. The summed E-state index contributed by atoms with van der Waals surface area (Å²) in [5.74, 6) is 2.94. The summed E-state index contributed by atoms with van der Waals surface area (Å²) in [7, 11) is -17.2. The number of hydrogen-bond acceptors (Lipinski definition) is 12. The van der Waals surface area contributed by atoms with Crippen LogP contribution in [0.2, 0.25) is 0 Å². The number of nitrogens with two attached hydrogens (primary N) is 1. The van der Waals surface area contributed by atoms with E-state index < -0.39 is 72.0 Å². The molecule has 1 aromatic rings. The second-order valence-corrected chi connectivity index (χ2v) is 10.8. The van der Waals surface area contributed by atoms with Gasteiger partial charge in [0.25, 0.3) is 0 Å². The molecule has 1 fully saturated rings. The predicted octanol–water partition coefficient (Wildman–Crippen LogP) is -1.11. The number of aliphatic hydroxyl groups excluding tert-OH is 1. The number of hydrogen-bond donors (Lipinski definition) is 6. The molecule has 1 aliphatic rings. The summed E-state index contributed by atoms with van der Waals surface area (Å²) in [6.07, 6.45) is -7.77. The molecule has 0 saturated carbocycles. The van der Waals surface area contributed by atoms with Crippen LogP contribution >= 0.6 is 23.5 Å². The van der Waals surface area contributed by atoms with Crippen LogP contribution in [0.5, 0.6) is 0 Å². The molecular formula is C12H17F2N4O13P3. The van der Waals surface area contributed by atoms with Crippen molar-refractivity contribution >= 4 is 29.4 Å². The summed E-state index contributed by atoms with van der Waals surface area (Å²) in [5, 5.41) is 10.4. The Bertz CT molecular complexity index is 1180. The summed E-state index contributed by atoms with van der Waals surface area (Å²) in [5.41, 5.74) is 0.774. The number of anilines is 1. The minimum Gasteiger partial charge on any atom is -0.386 e. The predicted molar refractivity (Wildman–Crippen MR) is 103 cm³/mol. The first kappa shape index (κ1) is 28.6. The van der Waals surface area contributed by atoms with E-state index in [1.165, 1.54) is 0 Å². The molecule has 0 amide bonds. The van der Waals surface area contributed by atoms with Crippen LogP contribution in [0.1, 0.15) is 13.2 Å². The lowest BCUT2D eigenvalue weighted by molar-refractivity contribution is -0.0784. The van der Waals surface area contributed by atoms with E-state index in [1.54, 1.807) is 11.8 Å². The number of nitrogens with zero attached hydrogens (tertiary/aromatic N) is 3. The molecular weight excluding hydrogens is 539 g/mol. The van der Waals surface area contributed by atoms with Gasteiger partial charge in [-0.2, -0.15) is 13.6 Å². The maximum Gasteiger partial charge on any atom is 0.490 e. The standard InChI is InChI=1S/C12H17F2N4O13P3/c1-6(29-33(24,25)31-34(26,27)30-32(21,22)23)7-8(19)12(14,3-2-4-13)9(28-7)18-5-16-10(15)17-11(18)20/h5-9,19H,4H2,1H3,(H,24,25)(H,26,27)(H2,15,17,20)(H2,21,22,23)/t6-,7+,8?,9?,12?/m0/s1. The van der Waals surface area contributed by atoms with Crippen LogP contribution in [-0.4, -0.2) is 69.9 Å². The number of ether oxygens (including phenoxy) is 1. The second-order valence-electron chi connectivity index (χ2n) is 6.41. The summed E-state index contributed by atoms with van der Waals surface area (Å²) < 4.78 is 79.5. The molecule has 22 heteroatoms. The van der Waals surface area contributed by atoms with Crippen molar-refractivity contribution in [2.75, 3.05) is 12.4 Å². The fourth-order valence-electron chi connectivity index (χ4n) is 2.73. The van der Waals surface area contributed by atoms with Crippen LogP contribution in [0.25, 0.3) is 0 Å². The topological polar surface area (TPSA) is 263 Å². The molecule has 7 atom stereocenters. The summed E-state index contributed by atoms with van der Waals surface area (Å²) in [4.78, 5) is 54.7. The number of aromatic nitrogens is 3. The van der Waals surface area contributed by atoms with Crippen molar-refractivity contribution in [3.63, 3.8) is 0 Å². The number of phosphoric acid groups is 3. The van der Waals surface area contributed by atoms with Gasteiger partial charge in [-0.1, -0.05) is 11.8 Å². The van der Waals surface area contributed by atoms with E-state index in [2.05, 4.69) is 23.1 Å². The molecule has 34 heavy (non-hydrogen) atoms. The molecule has 0 aliphatic carbocycles. The van der Waals surface area contributed by atoms with Crippen molar-refractivity contribution in [3.8, 4) is 11.8 Å². The third kappa shape index (κ3) is 6.95. The van der Waals surface area contributed by atoms with Crippen LogP contribution in [-0.2, 0) is 31.6 Å². The Morgan fingerprint density at radius 1 is 1.29 bits per heavy atom. The van der Waals surface area contributed by atoms with Crippen LogP contribution in [0.15, 0.2) is 11.1 Å². The van der Waals surface area contributed by atoms with Crippen LogP contribution in [0, 0.1) is 11.8 Å². The van der Waals surface area contributed by atoms with Gasteiger partial charge >= 0.3 is 29.2 Å². The molecule has 192 valence electrons. The summed E-state index contributed by atoms with van der Waals surface area (Å²) >= 11 is 0. The molecule has 1 saturated heterocycles. The molecule has 2 rings (SSSR count). The number of nitrogen functional groups attached to an aromatic ring is 1. The zero-order chi connectivity index (χ0) is 26.1. The van der Waals surface area contributed by atoms with E-state index in [-0.39, 0.29) is 0 Å². The first-order valence-electron chi connectivity index (χ1n) is 8.52. The molecule has 0 aromatic carbocycles. The lowest BCUT2D eigenvalue weighted by atomic mass is 9.94. The van der Waals surface area contributed by atoms with Gasteiger partial charge in [0.1, 0.15) is 25.2 Å². The lowest BCUT2D eigenvalue weighted by Gasteiger charge is -2.25. The quantitative estimate of drug-likeness (QED) is 0.164. The molecule has 2 heterocycles. The Hall–Kier alpha value is -1.64.